The molecule has 0 unspecified atom stereocenters. The Morgan fingerprint density at radius 3 is 2.40 bits per heavy atom. The predicted molar refractivity (Wildman–Crippen MR) is 77.7 cm³/mol. The van der Waals surface area contributed by atoms with Gasteiger partial charge in [-0.05, 0) is 41.2 Å². The van der Waals surface area contributed by atoms with Crippen molar-refractivity contribution >= 4 is 0 Å². The van der Waals surface area contributed by atoms with E-state index in [-0.39, 0.29) is 5.41 Å². The highest BCUT2D eigenvalue weighted by atomic mass is 19.1. The predicted octanol–water partition coefficient (Wildman–Crippen LogP) is 4.89. The summed E-state index contributed by atoms with van der Waals surface area (Å²) in [7, 11) is 0. The summed E-state index contributed by atoms with van der Waals surface area (Å²) in [5, 5.41) is 0. The molecular formula is C17H19F2N. The minimum Gasteiger partial charge on any atom is -0.256 e. The first-order valence-electron chi connectivity index (χ1n) is 6.77. The molecule has 20 heavy (non-hydrogen) atoms. The van der Waals surface area contributed by atoms with Crippen molar-refractivity contribution in [2.75, 3.05) is 0 Å². The van der Waals surface area contributed by atoms with Crippen LogP contribution >= 0.6 is 0 Å². The van der Waals surface area contributed by atoms with Crippen molar-refractivity contribution in [1.82, 2.24) is 4.98 Å². The van der Waals surface area contributed by atoms with E-state index in [1.807, 2.05) is 19.1 Å². The minimum atomic E-state index is -0.555. The van der Waals surface area contributed by atoms with Crippen molar-refractivity contribution in [1.29, 1.82) is 0 Å². The van der Waals surface area contributed by atoms with Crippen molar-refractivity contribution in [2.45, 2.75) is 39.5 Å². The van der Waals surface area contributed by atoms with Crippen LogP contribution in [-0.2, 0) is 11.8 Å². The number of benzene rings is 1. The van der Waals surface area contributed by atoms with Crippen LogP contribution in [0.25, 0.3) is 11.3 Å². The van der Waals surface area contributed by atoms with Gasteiger partial charge in [-0.15, -0.1) is 0 Å². The number of halogens is 2. The Morgan fingerprint density at radius 1 is 1.10 bits per heavy atom. The van der Waals surface area contributed by atoms with Crippen LogP contribution in [0.4, 0.5) is 8.78 Å². The average Bonchev–Trinajstić information content (AvgIpc) is 2.36. The van der Waals surface area contributed by atoms with Gasteiger partial charge in [-0.3, -0.25) is 4.98 Å². The molecular weight excluding hydrogens is 256 g/mol. The van der Waals surface area contributed by atoms with Crippen LogP contribution < -0.4 is 0 Å². The zero-order valence-corrected chi connectivity index (χ0v) is 12.3. The SMILES string of the molecule is CCc1cc(F)cc(F)c1-c1cc(C(C)(C)C)ccn1. The Labute approximate surface area is 118 Å². The normalized spacial score (nSPS) is 11.7. The summed E-state index contributed by atoms with van der Waals surface area (Å²) in [5.41, 5.74) is 2.64. The molecule has 0 N–H and O–H groups in total. The molecule has 0 fully saturated rings. The molecule has 0 aliphatic rings. The molecule has 0 bridgehead atoms. The molecule has 0 saturated carbocycles. The topological polar surface area (TPSA) is 12.9 Å². The van der Waals surface area contributed by atoms with Gasteiger partial charge in [-0.2, -0.15) is 0 Å². The zero-order valence-electron chi connectivity index (χ0n) is 12.3. The largest absolute Gasteiger partial charge is 0.256 e. The van der Waals surface area contributed by atoms with Crippen LogP contribution in [0.1, 0.15) is 38.8 Å². The Kier molecular flexibility index (Phi) is 3.89. The van der Waals surface area contributed by atoms with Gasteiger partial charge in [0.1, 0.15) is 11.6 Å². The number of hydrogen-bond acceptors (Lipinski definition) is 1. The Balaban J connectivity index is 2.63. The maximum absolute atomic E-state index is 14.1. The Hall–Kier alpha value is -1.77. The van der Waals surface area contributed by atoms with E-state index in [1.165, 1.54) is 6.07 Å². The quantitative estimate of drug-likeness (QED) is 0.760. The monoisotopic (exact) mass is 275 g/mol. The highest BCUT2D eigenvalue weighted by Gasteiger charge is 2.18. The van der Waals surface area contributed by atoms with E-state index in [1.54, 1.807) is 6.20 Å². The van der Waals surface area contributed by atoms with Gasteiger partial charge in [0.2, 0.25) is 0 Å². The van der Waals surface area contributed by atoms with Gasteiger partial charge in [0.05, 0.1) is 5.69 Å². The van der Waals surface area contributed by atoms with Crippen molar-refractivity contribution in [3.05, 3.63) is 53.2 Å². The zero-order chi connectivity index (χ0) is 14.9. The van der Waals surface area contributed by atoms with Crippen molar-refractivity contribution in [3.8, 4) is 11.3 Å². The van der Waals surface area contributed by atoms with Crippen molar-refractivity contribution < 1.29 is 8.78 Å². The summed E-state index contributed by atoms with van der Waals surface area (Å²) >= 11 is 0. The van der Waals surface area contributed by atoms with E-state index in [2.05, 4.69) is 25.8 Å². The molecule has 1 nitrogen and oxygen atoms in total. The number of aryl methyl sites for hydroxylation is 1. The van der Waals surface area contributed by atoms with Crippen LogP contribution in [0, 0.1) is 11.6 Å². The van der Waals surface area contributed by atoms with Gasteiger partial charge in [0.25, 0.3) is 0 Å². The van der Waals surface area contributed by atoms with Crippen LogP contribution in [0.5, 0.6) is 0 Å². The van der Waals surface area contributed by atoms with E-state index >= 15 is 0 Å². The molecule has 1 aromatic carbocycles. The molecule has 0 radical (unpaired) electrons. The maximum atomic E-state index is 14.1. The molecule has 0 aliphatic heterocycles. The summed E-state index contributed by atoms with van der Waals surface area (Å²) in [6.45, 7) is 8.15. The number of pyridine rings is 1. The minimum absolute atomic E-state index is 0.0411. The lowest BCUT2D eigenvalue weighted by molar-refractivity contribution is 0.580. The smallest absolute Gasteiger partial charge is 0.135 e. The summed E-state index contributed by atoms with van der Waals surface area (Å²) in [4.78, 5) is 4.26. The fourth-order valence-corrected chi connectivity index (χ4v) is 2.23. The standard InChI is InChI=1S/C17H19F2N/c1-5-11-8-13(18)10-14(19)16(11)15-9-12(6-7-20-15)17(2,3)4/h6-10H,5H2,1-4H3. The van der Waals surface area contributed by atoms with Crippen molar-refractivity contribution in [3.63, 3.8) is 0 Å². The van der Waals surface area contributed by atoms with E-state index in [9.17, 15) is 8.78 Å². The maximum Gasteiger partial charge on any atom is 0.135 e. The lowest BCUT2D eigenvalue weighted by Gasteiger charge is -2.20. The first-order chi connectivity index (χ1) is 9.32. The first kappa shape index (κ1) is 14.6. The molecule has 0 saturated heterocycles. The molecule has 0 aliphatic carbocycles. The van der Waals surface area contributed by atoms with Crippen LogP contribution in [-0.4, -0.2) is 4.98 Å². The Bertz CT molecular complexity index is 627. The molecule has 0 atom stereocenters. The fraction of sp³-hybridized carbons (Fsp3) is 0.353. The lowest BCUT2D eigenvalue weighted by Crippen LogP contribution is -2.11. The molecule has 1 aromatic heterocycles. The molecule has 1 heterocycles. The average molecular weight is 275 g/mol. The van der Waals surface area contributed by atoms with Crippen LogP contribution in [0.2, 0.25) is 0 Å². The number of hydrogen-bond donors (Lipinski definition) is 0. The van der Waals surface area contributed by atoms with Gasteiger partial charge in [-0.1, -0.05) is 27.7 Å². The molecule has 3 heteroatoms. The second-order valence-corrected chi connectivity index (χ2v) is 5.96. The highest BCUT2D eigenvalue weighted by molar-refractivity contribution is 5.65. The van der Waals surface area contributed by atoms with Gasteiger partial charge in [0.15, 0.2) is 0 Å². The highest BCUT2D eigenvalue weighted by Crippen LogP contribution is 2.30. The molecule has 2 rings (SSSR count). The third-order valence-electron chi connectivity index (χ3n) is 3.40. The second-order valence-electron chi connectivity index (χ2n) is 5.96. The summed E-state index contributed by atoms with van der Waals surface area (Å²) in [6.07, 6.45) is 2.24. The summed E-state index contributed by atoms with van der Waals surface area (Å²) in [5.74, 6) is -1.10. The second kappa shape index (κ2) is 5.31. The number of aromatic nitrogens is 1. The van der Waals surface area contributed by atoms with Gasteiger partial charge >= 0.3 is 0 Å². The summed E-state index contributed by atoms with van der Waals surface area (Å²) in [6, 6.07) is 6.11. The van der Waals surface area contributed by atoms with E-state index in [0.717, 1.165) is 11.6 Å². The lowest BCUT2D eigenvalue weighted by atomic mass is 9.86. The molecule has 2 aromatic rings. The van der Waals surface area contributed by atoms with E-state index in [0.29, 0.717) is 23.2 Å². The molecule has 106 valence electrons. The number of nitrogens with zero attached hydrogens (tertiary/aromatic N) is 1. The summed E-state index contributed by atoms with van der Waals surface area (Å²) < 4.78 is 27.5. The Morgan fingerprint density at radius 2 is 1.80 bits per heavy atom. The number of rotatable bonds is 2. The third kappa shape index (κ3) is 2.87. The van der Waals surface area contributed by atoms with Gasteiger partial charge in [0, 0.05) is 17.8 Å². The fourth-order valence-electron chi connectivity index (χ4n) is 2.23. The first-order valence-corrected chi connectivity index (χ1v) is 6.77. The molecule has 0 amide bonds. The van der Waals surface area contributed by atoms with Crippen LogP contribution in [0.15, 0.2) is 30.5 Å². The van der Waals surface area contributed by atoms with Crippen molar-refractivity contribution in [2.24, 2.45) is 0 Å². The van der Waals surface area contributed by atoms with Gasteiger partial charge < -0.3 is 0 Å². The molecule has 0 spiro atoms. The van der Waals surface area contributed by atoms with Gasteiger partial charge in [-0.25, -0.2) is 8.78 Å². The third-order valence-corrected chi connectivity index (χ3v) is 3.40. The van der Waals surface area contributed by atoms with Crippen LogP contribution in [0.3, 0.4) is 0 Å². The van der Waals surface area contributed by atoms with E-state index < -0.39 is 11.6 Å². The van der Waals surface area contributed by atoms with E-state index in [4.69, 9.17) is 0 Å².